The van der Waals surface area contributed by atoms with Gasteiger partial charge in [0.25, 0.3) is 0 Å². The van der Waals surface area contributed by atoms with Crippen LogP contribution in [0.4, 0.5) is 5.69 Å². The number of fused-ring (bicyclic) bond motifs is 1. The van der Waals surface area contributed by atoms with Crippen molar-refractivity contribution in [2.24, 2.45) is 14.1 Å². The summed E-state index contributed by atoms with van der Waals surface area (Å²) in [7, 11) is 3.48. The fourth-order valence-corrected chi connectivity index (χ4v) is 5.28. The van der Waals surface area contributed by atoms with Gasteiger partial charge in [0.1, 0.15) is 0 Å². The van der Waals surface area contributed by atoms with Crippen LogP contribution >= 0.6 is 0 Å². The zero-order valence-electron chi connectivity index (χ0n) is 19.8. The Morgan fingerprint density at radius 3 is 2.68 bits per heavy atom. The van der Waals surface area contributed by atoms with Crippen molar-refractivity contribution in [2.75, 3.05) is 31.6 Å². The first-order chi connectivity index (χ1) is 16.4. The van der Waals surface area contributed by atoms with E-state index in [4.69, 9.17) is 9.47 Å². The maximum atomic E-state index is 12.9. The summed E-state index contributed by atoms with van der Waals surface area (Å²) in [4.78, 5) is 27.2. The van der Waals surface area contributed by atoms with Gasteiger partial charge in [-0.05, 0) is 43.0 Å². The highest BCUT2D eigenvalue weighted by atomic mass is 16.6. The lowest BCUT2D eigenvalue weighted by atomic mass is 9.85. The number of nitrogens with zero attached hydrogens (tertiary/aromatic N) is 3. The number of imidazole rings is 1. The predicted molar refractivity (Wildman–Crippen MR) is 131 cm³/mol. The number of rotatable bonds is 6. The topological polar surface area (TPSA) is 77.7 Å². The van der Waals surface area contributed by atoms with E-state index in [1.807, 2.05) is 36.4 Å². The van der Waals surface area contributed by atoms with Crippen LogP contribution in [0.5, 0.6) is 0 Å². The fraction of sp³-hybridized carbons (Fsp3) is 0.462. The number of nitrogens with one attached hydrogen (secondary N) is 1. The zero-order valence-corrected chi connectivity index (χ0v) is 19.8. The van der Waals surface area contributed by atoms with Crippen molar-refractivity contribution in [2.45, 2.75) is 37.6 Å². The highest BCUT2D eigenvalue weighted by molar-refractivity contribution is 5.94. The van der Waals surface area contributed by atoms with E-state index >= 15 is 0 Å². The first kappa shape index (κ1) is 22.8. The molecule has 2 atom stereocenters. The Hall–Kier alpha value is -2.94. The molecule has 2 aliphatic rings. The largest absolute Gasteiger partial charge is 0.372 e. The second-order valence-electron chi connectivity index (χ2n) is 9.44. The smallest absolute Gasteiger partial charge is 0.328 e. The fourth-order valence-electron chi connectivity index (χ4n) is 5.28. The minimum Gasteiger partial charge on any atom is -0.372 e. The maximum absolute atomic E-state index is 12.9. The molecule has 0 saturated carbocycles. The van der Waals surface area contributed by atoms with Crippen LogP contribution < -0.4 is 11.0 Å². The highest BCUT2D eigenvalue weighted by Gasteiger charge is 2.47. The van der Waals surface area contributed by atoms with Crippen molar-refractivity contribution in [3.8, 4) is 0 Å². The third-order valence-electron chi connectivity index (χ3n) is 7.21. The van der Waals surface area contributed by atoms with Gasteiger partial charge in [-0.15, -0.1) is 0 Å². The van der Waals surface area contributed by atoms with Crippen molar-refractivity contribution in [1.82, 2.24) is 14.0 Å². The van der Waals surface area contributed by atoms with Gasteiger partial charge < -0.3 is 14.8 Å². The molecule has 0 bridgehead atoms. The van der Waals surface area contributed by atoms with Crippen molar-refractivity contribution >= 4 is 22.6 Å². The van der Waals surface area contributed by atoms with Gasteiger partial charge in [-0.25, -0.2) is 4.79 Å². The average Bonchev–Trinajstić information content (AvgIpc) is 3.40. The molecule has 1 aromatic heterocycles. The Balaban J connectivity index is 1.24. The van der Waals surface area contributed by atoms with Crippen molar-refractivity contribution < 1.29 is 14.3 Å². The highest BCUT2D eigenvalue weighted by Crippen LogP contribution is 2.38. The number of aryl methyl sites for hydroxylation is 2. The first-order valence-corrected chi connectivity index (χ1v) is 11.9. The van der Waals surface area contributed by atoms with Crippen LogP contribution in [-0.4, -0.2) is 57.9 Å². The third kappa shape index (κ3) is 4.41. The van der Waals surface area contributed by atoms with Crippen molar-refractivity contribution in [3.63, 3.8) is 0 Å². The lowest BCUT2D eigenvalue weighted by Crippen LogP contribution is -2.57. The number of anilines is 1. The molecule has 3 heterocycles. The number of carbonyl (C=O) groups excluding carboxylic acids is 1. The van der Waals surface area contributed by atoms with Gasteiger partial charge in [-0.1, -0.05) is 30.3 Å². The number of hydrogen-bond donors (Lipinski definition) is 1. The SMILES string of the molecule is Cn1c(=O)n(C)c2cc(NC(=O)CN3CC[C@]4(CCCO4)[C@@H](OCc4ccccc4)C3)ccc21. The lowest BCUT2D eigenvalue weighted by Gasteiger charge is -2.44. The molecule has 3 aromatic rings. The van der Waals surface area contributed by atoms with Gasteiger partial charge in [0.15, 0.2) is 0 Å². The molecule has 8 nitrogen and oxygen atoms in total. The van der Waals surface area contributed by atoms with E-state index in [2.05, 4.69) is 22.3 Å². The van der Waals surface area contributed by atoms with Crippen LogP contribution in [0, 0.1) is 0 Å². The van der Waals surface area contributed by atoms with Crippen molar-refractivity contribution in [3.05, 3.63) is 64.6 Å². The van der Waals surface area contributed by atoms with E-state index < -0.39 is 0 Å². The van der Waals surface area contributed by atoms with Crippen LogP contribution in [0.3, 0.4) is 0 Å². The molecule has 8 heteroatoms. The summed E-state index contributed by atoms with van der Waals surface area (Å²) in [5, 5.41) is 2.99. The quantitative estimate of drug-likeness (QED) is 0.607. The minimum atomic E-state index is -0.245. The molecule has 1 amide bonds. The molecule has 2 fully saturated rings. The summed E-state index contributed by atoms with van der Waals surface area (Å²) in [6, 6.07) is 15.7. The Bertz CT molecular complexity index is 1230. The molecule has 1 N–H and O–H groups in total. The van der Waals surface area contributed by atoms with Crippen LogP contribution in [-0.2, 0) is 35.0 Å². The average molecular weight is 465 g/mol. The first-order valence-electron chi connectivity index (χ1n) is 11.9. The summed E-state index contributed by atoms with van der Waals surface area (Å²) >= 11 is 0. The maximum Gasteiger partial charge on any atom is 0.328 e. The molecule has 5 rings (SSSR count). The zero-order chi connectivity index (χ0) is 23.7. The molecule has 2 aliphatic heterocycles. The van der Waals surface area contributed by atoms with Gasteiger partial charge in [0, 0.05) is 39.5 Å². The van der Waals surface area contributed by atoms with Gasteiger partial charge in [0.05, 0.1) is 35.9 Å². The number of hydrogen-bond acceptors (Lipinski definition) is 5. The van der Waals surface area contributed by atoms with E-state index in [1.54, 1.807) is 23.2 Å². The summed E-state index contributed by atoms with van der Waals surface area (Å²) in [5.41, 5.74) is 3.11. The Labute approximate surface area is 199 Å². The molecule has 0 aliphatic carbocycles. The number of amides is 1. The Morgan fingerprint density at radius 2 is 1.91 bits per heavy atom. The second-order valence-corrected chi connectivity index (χ2v) is 9.44. The van der Waals surface area contributed by atoms with Crippen LogP contribution in [0.2, 0.25) is 0 Å². The van der Waals surface area contributed by atoms with Crippen LogP contribution in [0.25, 0.3) is 11.0 Å². The van der Waals surface area contributed by atoms with E-state index in [9.17, 15) is 9.59 Å². The molecule has 180 valence electrons. The molecule has 1 spiro atoms. The number of likely N-dealkylation sites (tertiary alicyclic amines) is 1. The van der Waals surface area contributed by atoms with Gasteiger partial charge >= 0.3 is 5.69 Å². The molecule has 2 aromatic carbocycles. The number of aromatic nitrogens is 2. The molecular weight excluding hydrogens is 432 g/mol. The van der Waals surface area contributed by atoms with Crippen molar-refractivity contribution in [1.29, 1.82) is 0 Å². The van der Waals surface area contributed by atoms with E-state index in [-0.39, 0.29) is 29.8 Å². The number of piperidine rings is 1. The van der Waals surface area contributed by atoms with Crippen LogP contribution in [0.15, 0.2) is 53.3 Å². The minimum absolute atomic E-state index is 0.0769. The van der Waals surface area contributed by atoms with E-state index in [0.717, 1.165) is 49.0 Å². The molecule has 34 heavy (non-hydrogen) atoms. The predicted octanol–water partition coefficient (Wildman–Crippen LogP) is 2.66. The lowest BCUT2D eigenvalue weighted by molar-refractivity contribution is -0.159. The summed E-state index contributed by atoms with van der Waals surface area (Å²) in [6.45, 7) is 3.05. The Kier molecular flexibility index (Phi) is 6.29. The second kappa shape index (κ2) is 9.37. The number of carbonyl (C=O) groups is 1. The Morgan fingerprint density at radius 1 is 1.12 bits per heavy atom. The van der Waals surface area contributed by atoms with E-state index in [1.165, 1.54) is 0 Å². The molecule has 2 saturated heterocycles. The van der Waals surface area contributed by atoms with Gasteiger partial charge in [-0.3, -0.25) is 18.8 Å². The standard InChI is InChI=1S/C26H32N4O4/c1-28-21-10-9-20(15-22(21)29(2)25(28)32)27-24(31)17-30-13-12-26(11-6-14-34-26)23(16-30)33-18-19-7-4-3-5-8-19/h3-5,7-10,15,23H,6,11-14,16-18H2,1-2H3,(H,27,31)/t23-,26+/m0/s1. The van der Waals surface area contributed by atoms with Gasteiger partial charge in [-0.2, -0.15) is 0 Å². The molecule has 0 radical (unpaired) electrons. The molecule has 0 unspecified atom stereocenters. The van der Waals surface area contributed by atoms with Crippen LogP contribution in [0.1, 0.15) is 24.8 Å². The third-order valence-corrected chi connectivity index (χ3v) is 7.21. The monoisotopic (exact) mass is 464 g/mol. The van der Waals surface area contributed by atoms with E-state index in [0.29, 0.717) is 18.8 Å². The molecular formula is C26H32N4O4. The number of ether oxygens (including phenoxy) is 2. The van der Waals surface area contributed by atoms with Gasteiger partial charge in [0.2, 0.25) is 5.91 Å². The summed E-state index contributed by atoms with van der Waals surface area (Å²) in [6.07, 6.45) is 2.84. The number of benzene rings is 2. The summed E-state index contributed by atoms with van der Waals surface area (Å²) < 4.78 is 15.8. The summed E-state index contributed by atoms with van der Waals surface area (Å²) in [5.74, 6) is -0.0784. The normalized spacial score (nSPS) is 23.1.